The zero-order valence-electron chi connectivity index (χ0n) is 11.7. The smallest absolute Gasteiger partial charge is 0.171 e. The van der Waals surface area contributed by atoms with E-state index in [1.54, 1.807) is 12.3 Å². The minimum atomic E-state index is -0.00268. The van der Waals surface area contributed by atoms with Crippen LogP contribution in [-0.2, 0) is 4.74 Å². The highest BCUT2D eigenvalue weighted by molar-refractivity contribution is 6.36. The molecule has 0 radical (unpaired) electrons. The van der Waals surface area contributed by atoms with E-state index in [1.165, 1.54) is 12.8 Å². The number of anilines is 1. The molecule has 2 heterocycles. The molecule has 1 aliphatic heterocycles. The summed E-state index contributed by atoms with van der Waals surface area (Å²) in [6.07, 6.45) is 6.45. The van der Waals surface area contributed by atoms with Crippen LogP contribution in [0.5, 0.6) is 0 Å². The van der Waals surface area contributed by atoms with Crippen molar-refractivity contribution in [3.8, 4) is 0 Å². The van der Waals surface area contributed by atoms with E-state index in [1.807, 2.05) is 0 Å². The summed E-state index contributed by atoms with van der Waals surface area (Å²) in [5.41, 5.74) is 6.17. The third-order valence-corrected chi connectivity index (χ3v) is 4.63. The Morgan fingerprint density at radius 2 is 2.29 bits per heavy atom. The minimum Gasteiger partial charge on any atom is -0.409 e. The Morgan fingerprint density at radius 1 is 1.48 bits per heavy atom. The summed E-state index contributed by atoms with van der Waals surface area (Å²) >= 11 is 6.43. The van der Waals surface area contributed by atoms with E-state index in [9.17, 15) is 0 Å². The van der Waals surface area contributed by atoms with Crippen LogP contribution in [0.4, 0.5) is 5.82 Å². The van der Waals surface area contributed by atoms with E-state index in [-0.39, 0.29) is 11.9 Å². The Hall–Kier alpha value is -1.53. The first kappa shape index (κ1) is 14.4. The Bertz CT molecular complexity index is 550. The van der Waals surface area contributed by atoms with Gasteiger partial charge in [0.1, 0.15) is 5.82 Å². The van der Waals surface area contributed by atoms with Crippen LogP contribution in [-0.4, -0.2) is 41.3 Å². The van der Waals surface area contributed by atoms with Crippen molar-refractivity contribution in [2.75, 3.05) is 18.1 Å². The maximum absolute atomic E-state index is 8.85. The number of oxime groups is 1. The van der Waals surface area contributed by atoms with Crippen LogP contribution >= 0.6 is 11.6 Å². The molecule has 1 aromatic heterocycles. The number of fused-ring (bicyclic) bond motifs is 1. The molecular weight excluding hydrogens is 292 g/mol. The van der Waals surface area contributed by atoms with Gasteiger partial charge in [0, 0.05) is 18.3 Å². The molecule has 0 aromatic carbocycles. The number of nitrogens with two attached hydrogens (primary N) is 1. The standard InChI is InChI=1S/C14H19ClN4O2/c15-12-9(13(16)18-20)5-6-17-14(12)19-7-8-21-11-4-2-1-3-10(11)19/h5-6,10-11,20H,1-4,7-8H2,(H2,16,18). The largest absolute Gasteiger partial charge is 0.409 e. The molecule has 2 fully saturated rings. The van der Waals surface area contributed by atoms with E-state index in [0.717, 1.165) is 19.4 Å². The van der Waals surface area contributed by atoms with Crippen LogP contribution in [0.15, 0.2) is 17.4 Å². The van der Waals surface area contributed by atoms with Crippen LogP contribution in [0.3, 0.4) is 0 Å². The fraction of sp³-hybridized carbons (Fsp3) is 0.571. The van der Waals surface area contributed by atoms with Crippen LogP contribution in [0.1, 0.15) is 31.2 Å². The number of morpholine rings is 1. The fourth-order valence-electron chi connectivity index (χ4n) is 3.24. The maximum atomic E-state index is 8.85. The van der Waals surface area contributed by atoms with Crippen molar-refractivity contribution in [2.24, 2.45) is 10.9 Å². The summed E-state index contributed by atoms with van der Waals surface area (Å²) in [6.45, 7) is 1.43. The summed E-state index contributed by atoms with van der Waals surface area (Å²) < 4.78 is 5.87. The zero-order valence-corrected chi connectivity index (χ0v) is 12.5. The molecule has 1 aromatic rings. The van der Waals surface area contributed by atoms with Crippen molar-refractivity contribution in [3.63, 3.8) is 0 Å². The second-order valence-electron chi connectivity index (χ2n) is 5.44. The Labute approximate surface area is 128 Å². The average molecular weight is 311 g/mol. The number of amidine groups is 1. The number of nitrogens with zero attached hydrogens (tertiary/aromatic N) is 3. The predicted octanol–water partition coefficient (Wildman–Crippen LogP) is 1.98. The summed E-state index contributed by atoms with van der Waals surface area (Å²) in [5, 5.41) is 12.3. The van der Waals surface area contributed by atoms with Crippen molar-refractivity contribution in [1.29, 1.82) is 0 Å². The Balaban J connectivity index is 1.95. The summed E-state index contributed by atoms with van der Waals surface area (Å²) in [4.78, 5) is 6.63. The van der Waals surface area contributed by atoms with Gasteiger partial charge in [-0.1, -0.05) is 29.6 Å². The third kappa shape index (κ3) is 2.65. The number of rotatable bonds is 2. The van der Waals surface area contributed by atoms with E-state index >= 15 is 0 Å². The van der Waals surface area contributed by atoms with Crippen molar-refractivity contribution in [1.82, 2.24) is 4.98 Å². The number of pyridine rings is 1. The molecule has 2 aliphatic rings. The first-order valence-electron chi connectivity index (χ1n) is 7.23. The topological polar surface area (TPSA) is 84.0 Å². The highest BCUT2D eigenvalue weighted by Crippen LogP contribution is 2.35. The monoisotopic (exact) mass is 310 g/mol. The summed E-state index contributed by atoms with van der Waals surface area (Å²) in [7, 11) is 0. The molecule has 1 saturated carbocycles. The van der Waals surface area contributed by atoms with E-state index < -0.39 is 0 Å². The lowest BCUT2D eigenvalue weighted by Gasteiger charge is -2.44. The second kappa shape index (κ2) is 6.07. The van der Waals surface area contributed by atoms with Gasteiger partial charge in [-0.2, -0.15) is 0 Å². The van der Waals surface area contributed by atoms with Gasteiger partial charge in [0.25, 0.3) is 0 Å². The lowest BCUT2D eigenvalue weighted by Crippen LogP contribution is -2.53. The molecule has 0 amide bonds. The summed E-state index contributed by atoms with van der Waals surface area (Å²) in [5.74, 6) is 0.693. The first-order valence-corrected chi connectivity index (χ1v) is 7.61. The fourth-order valence-corrected chi connectivity index (χ4v) is 3.56. The quantitative estimate of drug-likeness (QED) is 0.378. The van der Waals surface area contributed by atoms with Gasteiger partial charge in [-0.25, -0.2) is 4.98 Å². The van der Waals surface area contributed by atoms with Gasteiger partial charge < -0.3 is 20.6 Å². The average Bonchev–Trinajstić information content (AvgIpc) is 2.54. The summed E-state index contributed by atoms with van der Waals surface area (Å²) in [6, 6.07) is 1.96. The molecule has 0 spiro atoms. The minimum absolute atomic E-state index is 0.00268. The molecule has 7 heteroatoms. The van der Waals surface area contributed by atoms with Gasteiger partial charge in [-0.3, -0.25) is 0 Å². The van der Waals surface area contributed by atoms with E-state index in [4.69, 9.17) is 27.3 Å². The third-order valence-electron chi connectivity index (χ3n) is 4.26. The van der Waals surface area contributed by atoms with E-state index in [2.05, 4.69) is 15.0 Å². The molecule has 2 atom stereocenters. The lowest BCUT2D eigenvalue weighted by molar-refractivity contribution is -0.00897. The Morgan fingerprint density at radius 3 is 3.10 bits per heavy atom. The second-order valence-corrected chi connectivity index (χ2v) is 5.81. The predicted molar refractivity (Wildman–Crippen MR) is 81.1 cm³/mol. The van der Waals surface area contributed by atoms with Gasteiger partial charge in [0.15, 0.2) is 5.84 Å². The van der Waals surface area contributed by atoms with Crippen LogP contribution < -0.4 is 10.6 Å². The van der Waals surface area contributed by atoms with Gasteiger partial charge in [0.05, 0.1) is 23.8 Å². The van der Waals surface area contributed by atoms with Gasteiger partial charge >= 0.3 is 0 Å². The van der Waals surface area contributed by atoms with Crippen molar-refractivity contribution in [3.05, 3.63) is 22.8 Å². The molecule has 1 saturated heterocycles. The number of hydrogen-bond donors (Lipinski definition) is 2. The number of hydrogen-bond acceptors (Lipinski definition) is 5. The SMILES string of the molecule is N/C(=N/O)c1ccnc(N2CCOC3CCCCC32)c1Cl. The highest BCUT2D eigenvalue weighted by atomic mass is 35.5. The Kier molecular flexibility index (Phi) is 4.17. The lowest BCUT2D eigenvalue weighted by atomic mass is 9.90. The van der Waals surface area contributed by atoms with Crippen molar-refractivity contribution >= 4 is 23.3 Å². The first-order chi connectivity index (χ1) is 10.2. The highest BCUT2D eigenvalue weighted by Gasteiger charge is 2.36. The van der Waals surface area contributed by atoms with E-state index in [0.29, 0.717) is 29.1 Å². The number of aromatic nitrogens is 1. The van der Waals surface area contributed by atoms with Crippen molar-refractivity contribution < 1.29 is 9.94 Å². The van der Waals surface area contributed by atoms with Crippen LogP contribution in [0.2, 0.25) is 5.02 Å². The number of halogens is 1. The van der Waals surface area contributed by atoms with Gasteiger partial charge in [-0.05, 0) is 18.9 Å². The molecule has 6 nitrogen and oxygen atoms in total. The van der Waals surface area contributed by atoms with Gasteiger partial charge in [-0.15, -0.1) is 0 Å². The molecule has 21 heavy (non-hydrogen) atoms. The molecule has 2 unspecified atom stereocenters. The maximum Gasteiger partial charge on any atom is 0.171 e. The van der Waals surface area contributed by atoms with Crippen LogP contribution in [0.25, 0.3) is 0 Å². The number of ether oxygens (including phenoxy) is 1. The molecule has 0 bridgehead atoms. The molecule has 114 valence electrons. The molecule has 1 aliphatic carbocycles. The van der Waals surface area contributed by atoms with Gasteiger partial charge in [0.2, 0.25) is 0 Å². The molecular formula is C14H19ClN4O2. The molecule has 3 rings (SSSR count). The zero-order chi connectivity index (χ0) is 14.8. The van der Waals surface area contributed by atoms with Crippen LogP contribution in [0, 0.1) is 0 Å². The normalized spacial score (nSPS) is 26.5. The van der Waals surface area contributed by atoms with Crippen molar-refractivity contribution in [2.45, 2.75) is 37.8 Å². The molecule has 3 N–H and O–H groups in total.